The summed E-state index contributed by atoms with van der Waals surface area (Å²) in [4.78, 5) is 26.8. The van der Waals surface area contributed by atoms with Crippen molar-refractivity contribution in [3.8, 4) is 6.07 Å². The third-order valence-corrected chi connectivity index (χ3v) is 6.55. The van der Waals surface area contributed by atoms with Gasteiger partial charge < -0.3 is 10.1 Å². The number of aryl methyl sites for hydroxylation is 2. The lowest BCUT2D eigenvalue weighted by atomic mass is 9.85. The standard InChI is InChI=1S/C22H24N2O3S/c1-14-11-15(12-21(25)24-14)5-6-16-7-8-17(13-23)19(16)4-2-3-18-9-10-20(28-18)22(26)27/h5-6,9-12,16-17,19H,2-4,7-8H2,1H3,(H,24,25)(H,26,27)/b6-5+/t16-,17?,19+/m0/s1. The average molecular weight is 397 g/mol. The first kappa shape index (κ1) is 20.1. The molecule has 28 heavy (non-hydrogen) atoms. The number of nitrogens with zero attached hydrogens (tertiary/aromatic N) is 1. The Morgan fingerprint density at radius 3 is 2.89 bits per heavy atom. The summed E-state index contributed by atoms with van der Waals surface area (Å²) in [5.41, 5.74) is 1.62. The van der Waals surface area contributed by atoms with E-state index in [1.807, 2.05) is 25.1 Å². The topological polar surface area (TPSA) is 93.9 Å². The first-order valence-corrected chi connectivity index (χ1v) is 10.4. The molecule has 1 aliphatic rings. The highest BCUT2D eigenvalue weighted by Gasteiger charge is 2.34. The third kappa shape index (κ3) is 4.99. The van der Waals surface area contributed by atoms with Crippen LogP contribution in [0.5, 0.6) is 0 Å². The summed E-state index contributed by atoms with van der Waals surface area (Å²) < 4.78 is 0. The predicted octanol–water partition coefficient (Wildman–Crippen LogP) is 4.65. The number of hydrogen-bond donors (Lipinski definition) is 2. The first-order chi connectivity index (χ1) is 13.5. The summed E-state index contributed by atoms with van der Waals surface area (Å²) in [7, 11) is 0. The molecular formula is C22H24N2O3S. The van der Waals surface area contributed by atoms with Crippen LogP contribution < -0.4 is 5.56 Å². The highest BCUT2D eigenvalue weighted by molar-refractivity contribution is 7.13. The number of thiophene rings is 1. The summed E-state index contributed by atoms with van der Waals surface area (Å²) in [6, 6.07) is 9.54. The van der Waals surface area contributed by atoms with E-state index >= 15 is 0 Å². The van der Waals surface area contributed by atoms with Gasteiger partial charge in [-0.3, -0.25) is 4.79 Å². The number of carboxylic acid groups (broad SMARTS) is 1. The lowest BCUT2D eigenvalue weighted by Gasteiger charge is -2.19. The Hall–Kier alpha value is -2.65. The molecule has 0 saturated heterocycles. The van der Waals surface area contributed by atoms with Crippen molar-refractivity contribution in [2.75, 3.05) is 0 Å². The molecule has 1 fully saturated rings. The van der Waals surface area contributed by atoms with Gasteiger partial charge in [0.25, 0.3) is 0 Å². The number of H-pyrrole nitrogens is 1. The second-order valence-corrected chi connectivity index (χ2v) is 8.59. The lowest BCUT2D eigenvalue weighted by molar-refractivity contribution is 0.0702. The van der Waals surface area contributed by atoms with E-state index in [1.165, 1.54) is 11.3 Å². The molecule has 146 valence electrons. The van der Waals surface area contributed by atoms with Crippen molar-refractivity contribution < 1.29 is 9.90 Å². The number of hydrogen-bond acceptors (Lipinski definition) is 4. The fourth-order valence-corrected chi connectivity index (χ4v) is 4.98. The molecule has 2 aromatic rings. The number of nitrogens with one attached hydrogen (secondary N) is 1. The molecule has 0 bridgehead atoms. The van der Waals surface area contributed by atoms with E-state index in [9.17, 15) is 14.9 Å². The second-order valence-electron chi connectivity index (χ2n) is 7.42. The fraction of sp³-hybridized carbons (Fsp3) is 0.409. The number of rotatable bonds is 7. The summed E-state index contributed by atoms with van der Waals surface area (Å²) >= 11 is 1.33. The van der Waals surface area contributed by atoms with E-state index in [-0.39, 0.29) is 11.5 Å². The minimum absolute atomic E-state index is 0.0634. The minimum atomic E-state index is -0.878. The predicted molar refractivity (Wildman–Crippen MR) is 110 cm³/mol. The Morgan fingerprint density at radius 2 is 2.21 bits per heavy atom. The molecular weight excluding hydrogens is 372 g/mol. The average Bonchev–Trinajstić information content (AvgIpc) is 3.26. The number of carbonyl (C=O) groups is 1. The van der Waals surface area contributed by atoms with E-state index in [0.717, 1.165) is 48.2 Å². The molecule has 1 unspecified atom stereocenters. The maximum Gasteiger partial charge on any atom is 0.345 e. The van der Waals surface area contributed by atoms with Crippen LogP contribution in [-0.2, 0) is 6.42 Å². The van der Waals surface area contributed by atoms with Gasteiger partial charge in [-0.25, -0.2) is 4.79 Å². The molecule has 0 spiro atoms. The minimum Gasteiger partial charge on any atom is -0.477 e. The molecule has 0 aliphatic heterocycles. The molecule has 2 heterocycles. The summed E-state index contributed by atoms with van der Waals surface area (Å²) in [5.74, 6) is -0.171. The van der Waals surface area contributed by atoms with Gasteiger partial charge >= 0.3 is 5.97 Å². The molecule has 2 aromatic heterocycles. The number of aromatic amines is 1. The molecule has 2 N–H and O–H groups in total. The molecule has 6 heteroatoms. The highest BCUT2D eigenvalue weighted by Crippen LogP contribution is 2.41. The van der Waals surface area contributed by atoms with Crippen LogP contribution in [0, 0.1) is 36.0 Å². The zero-order valence-electron chi connectivity index (χ0n) is 15.9. The molecule has 5 nitrogen and oxygen atoms in total. The Morgan fingerprint density at radius 1 is 1.39 bits per heavy atom. The van der Waals surface area contributed by atoms with E-state index in [1.54, 1.807) is 12.1 Å². The highest BCUT2D eigenvalue weighted by atomic mass is 32.1. The Kier molecular flexibility index (Phi) is 6.48. The molecule has 0 amide bonds. The van der Waals surface area contributed by atoms with Crippen molar-refractivity contribution in [1.29, 1.82) is 5.26 Å². The van der Waals surface area contributed by atoms with Gasteiger partial charge in [0.05, 0.1) is 6.07 Å². The monoisotopic (exact) mass is 396 g/mol. The maximum absolute atomic E-state index is 11.6. The van der Waals surface area contributed by atoms with Crippen LogP contribution in [0.2, 0.25) is 0 Å². The number of aromatic nitrogens is 1. The van der Waals surface area contributed by atoms with Crippen LogP contribution >= 0.6 is 11.3 Å². The maximum atomic E-state index is 11.6. The number of pyridine rings is 1. The summed E-state index contributed by atoms with van der Waals surface area (Å²) in [5, 5.41) is 18.5. The van der Waals surface area contributed by atoms with Crippen molar-refractivity contribution in [2.24, 2.45) is 17.8 Å². The van der Waals surface area contributed by atoms with E-state index in [0.29, 0.717) is 16.7 Å². The van der Waals surface area contributed by atoms with Gasteiger partial charge in [-0.1, -0.05) is 12.2 Å². The van der Waals surface area contributed by atoms with Gasteiger partial charge in [-0.2, -0.15) is 5.26 Å². The smallest absolute Gasteiger partial charge is 0.345 e. The van der Waals surface area contributed by atoms with Crippen molar-refractivity contribution in [2.45, 2.75) is 39.0 Å². The molecule has 0 aromatic carbocycles. The second kappa shape index (κ2) is 9.03. The van der Waals surface area contributed by atoms with Crippen LogP contribution in [0.15, 0.2) is 35.1 Å². The van der Waals surface area contributed by atoms with Gasteiger partial charge in [0.1, 0.15) is 4.88 Å². The number of carboxylic acids is 1. The van der Waals surface area contributed by atoms with E-state index in [2.05, 4.69) is 17.1 Å². The summed E-state index contributed by atoms with van der Waals surface area (Å²) in [6.07, 6.45) is 8.79. The molecule has 1 saturated carbocycles. The van der Waals surface area contributed by atoms with Crippen molar-refractivity contribution >= 4 is 23.4 Å². The van der Waals surface area contributed by atoms with Gasteiger partial charge in [0, 0.05) is 22.6 Å². The van der Waals surface area contributed by atoms with Gasteiger partial charge in [-0.15, -0.1) is 11.3 Å². The number of allylic oxidation sites excluding steroid dienone is 1. The third-order valence-electron chi connectivity index (χ3n) is 5.41. The zero-order chi connectivity index (χ0) is 20.1. The Balaban J connectivity index is 1.62. The Bertz CT molecular complexity index is 967. The van der Waals surface area contributed by atoms with Gasteiger partial charge in [-0.05, 0) is 74.6 Å². The van der Waals surface area contributed by atoms with Crippen LogP contribution in [0.4, 0.5) is 0 Å². The van der Waals surface area contributed by atoms with Crippen LogP contribution in [0.25, 0.3) is 6.08 Å². The van der Waals surface area contributed by atoms with Crippen LogP contribution in [0.3, 0.4) is 0 Å². The van der Waals surface area contributed by atoms with Crippen LogP contribution in [-0.4, -0.2) is 16.1 Å². The quantitative estimate of drug-likeness (QED) is 0.712. The zero-order valence-corrected chi connectivity index (χ0v) is 16.7. The first-order valence-electron chi connectivity index (χ1n) is 9.57. The molecule has 0 radical (unpaired) electrons. The fourth-order valence-electron chi connectivity index (χ4n) is 4.09. The molecule has 1 aliphatic carbocycles. The van der Waals surface area contributed by atoms with Crippen molar-refractivity contribution in [3.63, 3.8) is 0 Å². The Labute approximate surface area is 168 Å². The molecule has 3 atom stereocenters. The number of aromatic carboxylic acids is 1. The van der Waals surface area contributed by atoms with Crippen LogP contribution in [0.1, 0.15) is 51.5 Å². The van der Waals surface area contributed by atoms with Gasteiger partial charge in [0.15, 0.2) is 0 Å². The van der Waals surface area contributed by atoms with Crippen molar-refractivity contribution in [1.82, 2.24) is 4.98 Å². The van der Waals surface area contributed by atoms with E-state index in [4.69, 9.17) is 5.11 Å². The van der Waals surface area contributed by atoms with E-state index < -0.39 is 5.97 Å². The SMILES string of the molecule is Cc1cc(/C=C/[C@H]2CCC(C#N)[C@@H]2CCCc2ccc(C(=O)O)s2)cc(=O)[nH]1. The molecule has 3 rings (SSSR count). The van der Waals surface area contributed by atoms with Crippen molar-refractivity contribution in [3.05, 3.63) is 61.7 Å². The largest absolute Gasteiger partial charge is 0.477 e. The van der Waals surface area contributed by atoms with Gasteiger partial charge in [0.2, 0.25) is 5.56 Å². The normalized spacial score (nSPS) is 21.8. The summed E-state index contributed by atoms with van der Waals surface area (Å²) in [6.45, 7) is 1.86. The number of nitriles is 1. The lowest BCUT2D eigenvalue weighted by Crippen LogP contribution is -2.13.